The number of halogens is 1. The van der Waals surface area contributed by atoms with E-state index in [2.05, 4.69) is 10.3 Å². The van der Waals surface area contributed by atoms with Crippen molar-refractivity contribution in [3.63, 3.8) is 0 Å². The van der Waals surface area contributed by atoms with Crippen LogP contribution in [-0.2, 0) is 6.42 Å². The van der Waals surface area contributed by atoms with E-state index in [1.54, 1.807) is 6.20 Å². The van der Waals surface area contributed by atoms with Crippen molar-refractivity contribution in [1.29, 1.82) is 0 Å². The Labute approximate surface area is 144 Å². The zero-order chi connectivity index (χ0) is 16.7. The lowest BCUT2D eigenvalue weighted by molar-refractivity contribution is 0.0957. The van der Waals surface area contributed by atoms with Crippen LogP contribution in [0.5, 0.6) is 5.75 Å². The summed E-state index contributed by atoms with van der Waals surface area (Å²) in [6.07, 6.45) is 6.40. The molecular weight excluding hydrogens is 326 g/mol. The minimum atomic E-state index is -0.143. The standard InChI is InChI=1S/C18H16ClN3O2/c1-11-13(8-12-2-3-15-20-4-6-22(15)10-12)9-14-17(16(11)19)24-7-5-21-18(14)23/h2-4,6,9-10H,5,7-8H2,1H3,(H,21,23). The molecule has 122 valence electrons. The number of hydrogen-bond donors (Lipinski definition) is 1. The van der Waals surface area contributed by atoms with Gasteiger partial charge in [0.15, 0.2) is 5.75 Å². The Kier molecular flexibility index (Phi) is 3.65. The van der Waals surface area contributed by atoms with Crippen molar-refractivity contribution in [2.45, 2.75) is 13.3 Å². The third-order valence-corrected chi connectivity index (χ3v) is 4.75. The van der Waals surface area contributed by atoms with Crippen molar-refractivity contribution >= 4 is 23.2 Å². The van der Waals surface area contributed by atoms with Gasteiger partial charge in [0.2, 0.25) is 0 Å². The molecule has 6 heteroatoms. The average Bonchev–Trinajstić information content (AvgIpc) is 2.96. The SMILES string of the molecule is Cc1c(Cc2ccc3nccn3c2)cc2c(c1Cl)OCCNC2=O. The van der Waals surface area contributed by atoms with Gasteiger partial charge in [0.25, 0.3) is 5.91 Å². The fraction of sp³-hybridized carbons (Fsp3) is 0.222. The molecule has 3 aromatic rings. The lowest BCUT2D eigenvalue weighted by Gasteiger charge is -2.15. The number of benzene rings is 1. The average molecular weight is 342 g/mol. The second-order valence-corrected chi connectivity index (χ2v) is 6.24. The van der Waals surface area contributed by atoms with Crippen LogP contribution < -0.4 is 10.1 Å². The van der Waals surface area contributed by atoms with Gasteiger partial charge < -0.3 is 14.5 Å². The highest BCUT2D eigenvalue weighted by atomic mass is 35.5. The summed E-state index contributed by atoms with van der Waals surface area (Å²) in [6.45, 7) is 2.86. The van der Waals surface area contributed by atoms with E-state index >= 15 is 0 Å². The van der Waals surface area contributed by atoms with Gasteiger partial charge in [-0.3, -0.25) is 4.79 Å². The zero-order valence-electron chi connectivity index (χ0n) is 13.2. The molecule has 24 heavy (non-hydrogen) atoms. The molecule has 0 aliphatic carbocycles. The van der Waals surface area contributed by atoms with Crippen LogP contribution in [0.1, 0.15) is 27.0 Å². The van der Waals surface area contributed by atoms with Crippen LogP contribution in [0.4, 0.5) is 0 Å². The van der Waals surface area contributed by atoms with Crippen LogP contribution in [0.25, 0.3) is 5.65 Å². The highest BCUT2D eigenvalue weighted by Crippen LogP contribution is 2.36. The molecule has 3 heterocycles. The van der Waals surface area contributed by atoms with Crippen molar-refractivity contribution in [2.24, 2.45) is 0 Å². The largest absolute Gasteiger partial charge is 0.489 e. The first-order valence-corrected chi connectivity index (χ1v) is 8.16. The molecule has 0 saturated heterocycles. The van der Waals surface area contributed by atoms with E-state index in [4.69, 9.17) is 16.3 Å². The number of amides is 1. The predicted octanol–water partition coefficient (Wildman–Crippen LogP) is 3.01. The summed E-state index contributed by atoms with van der Waals surface area (Å²) in [7, 11) is 0. The molecule has 1 aliphatic heterocycles. The Hall–Kier alpha value is -2.53. The van der Waals surface area contributed by atoms with Gasteiger partial charge in [0, 0.05) is 18.6 Å². The molecule has 0 spiro atoms. The molecule has 0 saturated carbocycles. The van der Waals surface area contributed by atoms with Gasteiger partial charge >= 0.3 is 0 Å². The molecule has 0 fully saturated rings. The molecule has 1 aliphatic rings. The number of carbonyl (C=O) groups excluding carboxylic acids is 1. The predicted molar refractivity (Wildman–Crippen MR) is 92.0 cm³/mol. The van der Waals surface area contributed by atoms with Crippen molar-refractivity contribution in [3.05, 3.63) is 64.1 Å². The number of nitrogens with zero attached hydrogens (tertiary/aromatic N) is 2. The minimum absolute atomic E-state index is 0.143. The number of nitrogens with one attached hydrogen (secondary N) is 1. The first-order valence-electron chi connectivity index (χ1n) is 7.78. The molecule has 0 atom stereocenters. The number of hydrogen-bond acceptors (Lipinski definition) is 3. The Morgan fingerprint density at radius 3 is 3.17 bits per heavy atom. The Morgan fingerprint density at radius 2 is 2.29 bits per heavy atom. The summed E-state index contributed by atoms with van der Waals surface area (Å²) in [4.78, 5) is 16.5. The van der Waals surface area contributed by atoms with Crippen LogP contribution in [0.15, 0.2) is 36.8 Å². The van der Waals surface area contributed by atoms with E-state index in [0.29, 0.717) is 35.9 Å². The molecule has 5 nitrogen and oxygen atoms in total. The third-order valence-electron chi connectivity index (χ3n) is 4.30. The molecular formula is C18H16ClN3O2. The van der Waals surface area contributed by atoms with Crippen LogP contribution in [0, 0.1) is 6.92 Å². The first kappa shape index (κ1) is 15.0. The van der Waals surface area contributed by atoms with Crippen LogP contribution in [-0.4, -0.2) is 28.4 Å². The smallest absolute Gasteiger partial charge is 0.255 e. The van der Waals surface area contributed by atoms with E-state index in [9.17, 15) is 4.79 Å². The highest BCUT2D eigenvalue weighted by molar-refractivity contribution is 6.33. The topological polar surface area (TPSA) is 55.6 Å². The molecule has 1 aromatic carbocycles. The summed E-state index contributed by atoms with van der Waals surface area (Å²) in [6, 6.07) is 5.90. The number of ether oxygens (including phenoxy) is 1. The van der Waals surface area contributed by atoms with Crippen LogP contribution in [0.2, 0.25) is 5.02 Å². The molecule has 1 amide bonds. The van der Waals surface area contributed by atoms with Gasteiger partial charge in [-0.2, -0.15) is 0 Å². The van der Waals surface area contributed by atoms with Crippen LogP contribution in [0.3, 0.4) is 0 Å². The lowest BCUT2D eigenvalue weighted by Crippen LogP contribution is -2.24. The Morgan fingerprint density at radius 1 is 1.42 bits per heavy atom. The van der Waals surface area contributed by atoms with Crippen molar-refractivity contribution in [3.8, 4) is 5.75 Å². The Balaban J connectivity index is 1.77. The minimum Gasteiger partial charge on any atom is -0.489 e. The summed E-state index contributed by atoms with van der Waals surface area (Å²) in [5.41, 5.74) is 4.48. The molecule has 4 rings (SSSR count). The first-order chi connectivity index (χ1) is 11.6. The molecule has 0 bridgehead atoms. The van der Waals surface area contributed by atoms with Gasteiger partial charge in [-0.25, -0.2) is 4.98 Å². The molecule has 1 N–H and O–H groups in total. The van der Waals surface area contributed by atoms with E-state index in [-0.39, 0.29) is 5.91 Å². The van der Waals surface area contributed by atoms with Gasteiger partial charge in [-0.1, -0.05) is 17.7 Å². The number of aromatic nitrogens is 2. The molecule has 2 aromatic heterocycles. The maximum Gasteiger partial charge on any atom is 0.255 e. The van der Waals surface area contributed by atoms with Crippen molar-refractivity contribution in [2.75, 3.05) is 13.2 Å². The Bertz CT molecular complexity index is 949. The zero-order valence-corrected chi connectivity index (χ0v) is 13.9. The number of carbonyl (C=O) groups is 1. The van der Waals surface area contributed by atoms with Gasteiger partial charge in [0.1, 0.15) is 12.3 Å². The maximum absolute atomic E-state index is 12.3. The summed E-state index contributed by atoms with van der Waals surface area (Å²) in [5, 5.41) is 3.34. The summed E-state index contributed by atoms with van der Waals surface area (Å²) >= 11 is 6.48. The molecule has 0 radical (unpaired) electrons. The lowest BCUT2D eigenvalue weighted by atomic mass is 9.97. The van der Waals surface area contributed by atoms with Crippen molar-refractivity contribution < 1.29 is 9.53 Å². The number of fused-ring (bicyclic) bond motifs is 2. The van der Waals surface area contributed by atoms with Crippen LogP contribution >= 0.6 is 11.6 Å². The third kappa shape index (κ3) is 2.51. The monoisotopic (exact) mass is 341 g/mol. The maximum atomic E-state index is 12.3. The van der Waals surface area contributed by atoms with E-state index in [0.717, 1.165) is 22.3 Å². The van der Waals surface area contributed by atoms with Gasteiger partial charge in [-0.05, 0) is 42.2 Å². The molecule has 0 unspecified atom stereocenters. The number of imidazole rings is 1. The normalized spacial score (nSPS) is 14.0. The number of pyridine rings is 1. The highest BCUT2D eigenvalue weighted by Gasteiger charge is 2.22. The van der Waals surface area contributed by atoms with Crippen molar-refractivity contribution in [1.82, 2.24) is 14.7 Å². The van der Waals surface area contributed by atoms with E-state index in [1.807, 2.05) is 41.9 Å². The quantitative estimate of drug-likeness (QED) is 0.779. The second kappa shape index (κ2) is 5.83. The van der Waals surface area contributed by atoms with E-state index in [1.165, 1.54) is 0 Å². The fourth-order valence-corrected chi connectivity index (χ4v) is 3.25. The fourth-order valence-electron chi connectivity index (χ4n) is 2.97. The van der Waals surface area contributed by atoms with Gasteiger partial charge in [0.05, 0.1) is 17.1 Å². The van der Waals surface area contributed by atoms with E-state index < -0.39 is 0 Å². The summed E-state index contributed by atoms with van der Waals surface area (Å²) < 4.78 is 7.63. The second-order valence-electron chi connectivity index (χ2n) is 5.86. The van der Waals surface area contributed by atoms with Gasteiger partial charge in [-0.15, -0.1) is 0 Å². The number of rotatable bonds is 2. The summed E-state index contributed by atoms with van der Waals surface area (Å²) in [5.74, 6) is 0.341.